The van der Waals surface area contributed by atoms with Crippen molar-refractivity contribution in [1.29, 1.82) is 0 Å². The van der Waals surface area contributed by atoms with E-state index in [1.807, 2.05) is 18.2 Å². The maximum atomic E-state index is 13.5. The summed E-state index contributed by atoms with van der Waals surface area (Å²) in [5.41, 5.74) is 1.66. The number of rotatable bonds is 8. The van der Waals surface area contributed by atoms with Gasteiger partial charge in [-0.25, -0.2) is 9.18 Å². The highest BCUT2D eigenvalue weighted by atomic mass is 35.5. The lowest BCUT2D eigenvalue weighted by molar-refractivity contribution is -0.142. The van der Waals surface area contributed by atoms with Crippen LogP contribution in [0.5, 0.6) is 5.75 Å². The van der Waals surface area contributed by atoms with Gasteiger partial charge in [0.25, 0.3) is 5.91 Å². The Kier molecular flexibility index (Phi) is 7.79. The van der Waals surface area contributed by atoms with Gasteiger partial charge in [0.05, 0.1) is 5.69 Å². The second-order valence-electron chi connectivity index (χ2n) is 6.42. The van der Waals surface area contributed by atoms with E-state index in [-0.39, 0.29) is 5.69 Å². The molecule has 0 aromatic heterocycles. The van der Waals surface area contributed by atoms with Gasteiger partial charge in [-0.05, 0) is 42.0 Å². The summed E-state index contributed by atoms with van der Waals surface area (Å²) < 4.78 is 24.1. The maximum absolute atomic E-state index is 13.5. The zero-order valence-electron chi connectivity index (χ0n) is 16.4. The van der Waals surface area contributed by atoms with E-state index in [4.69, 9.17) is 21.1 Å². The average molecular weight is 440 g/mol. The molecule has 0 saturated carbocycles. The highest BCUT2D eigenvalue weighted by Crippen LogP contribution is 2.19. The van der Waals surface area contributed by atoms with E-state index in [0.29, 0.717) is 17.4 Å². The van der Waals surface area contributed by atoms with Crippen molar-refractivity contribution in [3.05, 3.63) is 101 Å². The number of hydrogen-bond donors (Lipinski definition) is 1. The molecule has 0 atom stereocenters. The van der Waals surface area contributed by atoms with E-state index in [2.05, 4.69) is 5.32 Å². The van der Waals surface area contributed by atoms with E-state index in [1.54, 1.807) is 42.5 Å². The molecule has 7 heteroatoms. The quantitative estimate of drug-likeness (QED) is 0.384. The molecule has 3 aromatic carbocycles. The number of nitrogens with one attached hydrogen (secondary N) is 1. The Labute approximate surface area is 184 Å². The van der Waals surface area contributed by atoms with Gasteiger partial charge >= 0.3 is 5.97 Å². The molecule has 0 unspecified atom stereocenters. The highest BCUT2D eigenvalue weighted by molar-refractivity contribution is 6.31. The third-order valence-electron chi connectivity index (χ3n) is 4.14. The monoisotopic (exact) mass is 439 g/mol. The summed E-state index contributed by atoms with van der Waals surface area (Å²) in [5.74, 6) is -1.24. The summed E-state index contributed by atoms with van der Waals surface area (Å²) in [7, 11) is 0. The smallest absolute Gasteiger partial charge is 0.331 e. The van der Waals surface area contributed by atoms with Crippen molar-refractivity contribution in [2.45, 2.75) is 6.61 Å². The van der Waals surface area contributed by atoms with Gasteiger partial charge in [-0.3, -0.25) is 4.79 Å². The van der Waals surface area contributed by atoms with Gasteiger partial charge in [0, 0.05) is 16.7 Å². The van der Waals surface area contributed by atoms with E-state index in [9.17, 15) is 14.0 Å². The van der Waals surface area contributed by atoms with E-state index in [0.717, 1.165) is 11.1 Å². The number of anilines is 1. The summed E-state index contributed by atoms with van der Waals surface area (Å²) in [6.45, 7) is -0.178. The number of carbonyl (C=O) groups excluding carboxylic acids is 2. The van der Waals surface area contributed by atoms with E-state index >= 15 is 0 Å². The van der Waals surface area contributed by atoms with Crippen molar-refractivity contribution in [2.75, 3.05) is 11.9 Å². The minimum atomic E-state index is -0.692. The topological polar surface area (TPSA) is 64.6 Å². The third kappa shape index (κ3) is 6.97. The van der Waals surface area contributed by atoms with Gasteiger partial charge in [0.2, 0.25) is 0 Å². The first-order valence-electron chi connectivity index (χ1n) is 9.37. The molecule has 0 fully saturated rings. The van der Waals surface area contributed by atoms with Gasteiger partial charge in [-0.15, -0.1) is 0 Å². The molecule has 31 heavy (non-hydrogen) atoms. The molecule has 0 heterocycles. The average Bonchev–Trinajstić information content (AvgIpc) is 2.78. The molecule has 158 valence electrons. The summed E-state index contributed by atoms with van der Waals surface area (Å²) >= 11 is 6.10. The van der Waals surface area contributed by atoms with Gasteiger partial charge in [-0.2, -0.15) is 0 Å². The molecule has 1 N–H and O–H groups in total. The second-order valence-corrected chi connectivity index (χ2v) is 6.83. The predicted molar refractivity (Wildman–Crippen MR) is 117 cm³/mol. The number of ether oxygens (including phenoxy) is 2. The fourth-order valence-corrected chi connectivity index (χ4v) is 2.74. The maximum Gasteiger partial charge on any atom is 0.331 e. The van der Waals surface area contributed by atoms with Crippen LogP contribution in [0.2, 0.25) is 5.02 Å². The Bertz CT molecular complexity index is 1080. The second kappa shape index (κ2) is 10.9. The molecular weight excluding hydrogens is 421 g/mol. The Morgan fingerprint density at radius 1 is 0.968 bits per heavy atom. The molecule has 0 aliphatic heterocycles. The lowest BCUT2D eigenvalue weighted by Gasteiger charge is -2.08. The summed E-state index contributed by atoms with van der Waals surface area (Å²) in [5, 5.41) is 2.98. The minimum Gasteiger partial charge on any atom is -0.489 e. The Balaban J connectivity index is 1.44. The van der Waals surface area contributed by atoms with Crippen molar-refractivity contribution in [3.63, 3.8) is 0 Å². The Morgan fingerprint density at radius 2 is 1.68 bits per heavy atom. The fourth-order valence-electron chi connectivity index (χ4n) is 2.55. The van der Waals surface area contributed by atoms with Gasteiger partial charge in [0.1, 0.15) is 18.2 Å². The van der Waals surface area contributed by atoms with Crippen molar-refractivity contribution >= 4 is 35.2 Å². The van der Waals surface area contributed by atoms with E-state index in [1.165, 1.54) is 24.3 Å². The highest BCUT2D eigenvalue weighted by Gasteiger charge is 2.08. The van der Waals surface area contributed by atoms with Crippen molar-refractivity contribution in [2.24, 2.45) is 0 Å². The van der Waals surface area contributed by atoms with Crippen LogP contribution in [0, 0.1) is 5.82 Å². The van der Waals surface area contributed by atoms with Crippen LogP contribution in [-0.4, -0.2) is 18.5 Å². The van der Waals surface area contributed by atoms with Crippen LogP contribution in [0.3, 0.4) is 0 Å². The number of halogens is 2. The number of amides is 1. The lowest BCUT2D eigenvalue weighted by Crippen LogP contribution is -2.20. The van der Waals surface area contributed by atoms with Crippen molar-refractivity contribution in [3.8, 4) is 5.75 Å². The predicted octanol–water partition coefficient (Wildman–Crippen LogP) is 5.25. The number of hydrogen-bond acceptors (Lipinski definition) is 4. The first-order chi connectivity index (χ1) is 15.0. The number of esters is 1. The van der Waals surface area contributed by atoms with Crippen molar-refractivity contribution in [1.82, 2.24) is 0 Å². The largest absolute Gasteiger partial charge is 0.489 e. The summed E-state index contributed by atoms with van der Waals surface area (Å²) in [6, 6.07) is 20.2. The molecule has 0 spiro atoms. The molecule has 0 radical (unpaired) electrons. The molecule has 1 amide bonds. The molecule has 0 aliphatic rings. The molecule has 0 bridgehead atoms. The van der Waals surface area contributed by atoms with Crippen LogP contribution in [0.4, 0.5) is 10.1 Å². The van der Waals surface area contributed by atoms with Crippen LogP contribution in [-0.2, 0) is 20.9 Å². The van der Waals surface area contributed by atoms with Crippen LogP contribution >= 0.6 is 11.6 Å². The van der Waals surface area contributed by atoms with Crippen molar-refractivity contribution < 1.29 is 23.5 Å². The Morgan fingerprint density at radius 3 is 2.42 bits per heavy atom. The lowest BCUT2D eigenvalue weighted by atomic mass is 10.2. The van der Waals surface area contributed by atoms with Crippen LogP contribution in [0.25, 0.3) is 6.08 Å². The normalized spacial score (nSPS) is 10.6. The zero-order chi connectivity index (χ0) is 22.1. The standard InChI is InChI=1S/C24H19ClFNO4/c25-20-6-2-1-5-18(20)15-30-19-12-9-17(10-13-19)11-14-24(29)31-16-23(28)27-22-8-4-3-7-21(22)26/h1-14H,15-16H2,(H,27,28). The Hall–Kier alpha value is -3.64. The molecule has 3 rings (SSSR count). The SMILES string of the molecule is O=C(COC(=O)C=Cc1ccc(OCc2ccccc2Cl)cc1)Nc1ccccc1F. The number of para-hydroxylation sites is 1. The fraction of sp³-hybridized carbons (Fsp3) is 0.0833. The van der Waals surface area contributed by atoms with Crippen LogP contribution < -0.4 is 10.1 Å². The first-order valence-corrected chi connectivity index (χ1v) is 9.74. The summed E-state index contributed by atoms with van der Waals surface area (Å²) in [6.07, 6.45) is 2.75. The van der Waals surface area contributed by atoms with Crippen LogP contribution in [0.15, 0.2) is 78.9 Å². The third-order valence-corrected chi connectivity index (χ3v) is 4.51. The van der Waals surface area contributed by atoms with Gasteiger partial charge in [0.15, 0.2) is 6.61 Å². The zero-order valence-corrected chi connectivity index (χ0v) is 17.1. The minimum absolute atomic E-state index is 0.0240. The number of carbonyl (C=O) groups is 2. The van der Waals surface area contributed by atoms with Gasteiger partial charge < -0.3 is 14.8 Å². The molecule has 0 saturated heterocycles. The van der Waals surface area contributed by atoms with Gasteiger partial charge in [-0.1, -0.05) is 54.1 Å². The molecule has 3 aromatic rings. The molecular formula is C24H19ClFNO4. The van der Waals surface area contributed by atoms with Crippen LogP contribution in [0.1, 0.15) is 11.1 Å². The number of benzene rings is 3. The molecule has 0 aliphatic carbocycles. The molecule has 5 nitrogen and oxygen atoms in total. The first kappa shape index (κ1) is 22.1. The summed E-state index contributed by atoms with van der Waals surface area (Å²) in [4.78, 5) is 23.6. The van der Waals surface area contributed by atoms with E-state index < -0.39 is 24.3 Å².